The van der Waals surface area contributed by atoms with Crippen LogP contribution in [0.25, 0.3) is 0 Å². The molecular formula is C23H27FN4O2S. The van der Waals surface area contributed by atoms with Crippen molar-refractivity contribution in [3.05, 3.63) is 83.1 Å². The Labute approximate surface area is 182 Å². The number of fused-ring (bicyclic) bond motifs is 1. The van der Waals surface area contributed by atoms with E-state index in [9.17, 15) is 12.8 Å². The van der Waals surface area contributed by atoms with E-state index in [4.69, 9.17) is 5.14 Å². The predicted octanol–water partition coefficient (Wildman–Crippen LogP) is 2.63. The minimum Gasteiger partial charge on any atom is -0.336 e. The van der Waals surface area contributed by atoms with Gasteiger partial charge in [0.25, 0.3) is 10.0 Å². The first-order chi connectivity index (χ1) is 14.8. The Morgan fingerprint density at radius 1 is 1.23 bits per heavy atom. The fourth-order valence-corrected chi connectivity index (χ4v) is 5.02. The molecule has 0 aliphatic heterocycles. The smallest absolute Gasteiger partial charge is 0.257 e. The van der Waals surface area contributed by atoms with Gasteiger partial charge < -0.3 is 9.88 Å². The normalized spacial score (nSPS) is 18.3. The van der Waals surface area contributed by atoms with Crippen molar-refractivity contribution in [1.29, 1.82) is 0 Å². The van der Waals surface area contributed by atoms with Gasteiger partial charge in [0.1, 0.15) is 5.82 Å². The zero-order valence-corrected chi connectivity index (χ0v) is 18.3. The van der Waals surface area contributed by atoms with Crippen LogP contribution in [0, 0.1) is 11.7 Å². The van der Waals surface area contributed by atoms with E-state index in [2.05, 4.69) is 28.5 Å². The van der Waals surface area contributed by atoms with E-state index in [0.29, 0.717) is 18.4 Å². The van der Waals surface area contributed by atoms with Crippen LogP contribution < -0.4 is 10.5 Å². The highest BCUT2D eigenvalue weighted by Gasteiger charge is 2.32. The van der Waals surface area contributed by atoms with Crippen molar-refractivity contribution < 1.29 is 12.8 Å². The monoisotopic (exact) mass is 442 g/mol. The van der Waals surface area contributed by atoms with Crippen molar-refractivity contribution in [1.82, 2.24) is 14.9 Å². The molecule has 0 saturated carbocycles. The molecule has 1 aromatic heterocycles. The van der Waals surface area contributed by atoms with Crippen molar-refractivity contribution in [2.75, 3.05) is 13.6 Å². The summed E-state index contributed by atoms with van der Waals surface area (Å²) in [6.45, 7) is 1.52. The number of imidazole rings is 1. The molecule has 0 radical (unpaired) electrons. The summed E-state index contributed by atoms with van der Waals surface area (Å²) in [5.74, 6) is 0.588. The zero-order valence-electron chi connectivity index (χ0n) is 17.5. The Balaban J connectivity index is 1.53. The summed E-state index contributed by atoms with van der Waals surface area (Å²) in [5, 5.41) is 8.32. The topological polar surface area (TPSA) is 90.0 Å². The molecule has 8 heteroatoms. The second-order valence-corrected chi connectivity index (χ2v) is 9.75. The largest absolute Gasteiger partial charge is 0.336 e. The van der Waals surface area contributed by atoms with Crippen molar-refractivity contribution >= 4 is 10.0 Å². The van der Waals surface area contributed by atoms with Crippen LogP contribution in [0.2, 0.25) is 0 Å². The van der Waals surface area contributed by atoms with E-state index < -0.39 is 10.0 Å². The Kier molecular flexibility index (Phi) is 6.22. The fourth-order valence-electron chi connectivity index (χ4n) is 4.55. The zero-order chi connectivity index (χ0) is 22.0. The van der Waals surface area contributed by atoms with Gasteiger partial charge in [-0.15, -0.1) is 0 Å². The van der Waals surface area contributed by atoms with Gasteiger partial charge in [0.15, 0.2) is 5.03 Å². The summed E-state index contributed by atoms with van der Waals surface area (Å²) in [6.07, 6.45) is 5.51. The number of aromatic nitrogens is 2. The molecule has 0 bridgehead atoms. The molecule has 0 spiro atoms. The molecule has 0 fully saturated rings. The fraction of sp³-hybridized carbons (Fsp3) is 0.348. The number of halogens is 1. The molecule has 31 heavy (non-hydrogen) atoms. The van der Waals surface area contributed by atoms with Crippen molar-refractivity contribution in [2.45, 2.75) is 36.8 Å². The number of hydrogen-bond donors (Lipinski definition) is 2. The first-order valence-corrected chi connectivity index (χ1v) is 11.9. The van der Waals surface area contributed by atoms with Gasteiger partial charge in [-0.05, 0) is 79.1 Å². The third-order valence-electron chi connectivity index (χ3n) is 6.03. The number of benzene rings is 2. The second-order valence-electron chi connectivity index (χ2n) is 8.24. The molecule has 4 rings (SSSR count). The van der Waals surface area contributed by atoms with E-state index in [1.54, 1.807) is 16.7 Å². The summed E-state index contributed by atoms with van der Waals surface area (Å²) in [4.78, 5) is 3.87. The Morgan fingerprint density at radius 3 is 2.77 bits per heavy atom. The van der Waals surface area contributed by atoms with Gasteiger partial charge in [-0.3, -0.25) is 0 Å². The summed E-state index contributed by atoms with van der Waals surface area (Å²) < 4.78 is 38.3. The van der Waals surface area contributed by atoms with Gasteiger partial charge in [0.2, 0.25) is 0 Å². The molecule has 2 aromatic carbocycles. The highest BCUT2D eigenvalue weighted by molar-refractivity contribution is 7.89. The van der Waals surface area contributed by atoms with Crippen molar-refractivity contribution in [3.8, 4) is 0 Å². The average Bonchev–Trinajstić information content (AvgIpc) is 3.32. The van der Waals surface area contributed by atoms with Crippen molar-refractivity contribution in [3.63, 3.8) is 0 Å². The van der Waals surface area contributed by atoms with Crippen LogP contribution in [0.15, 0.2) is 60.0 Å². The molecule has 0 saturated heterocycles. The quantitative estimate of drug-likeness (QED) is 0.561. The number of nitrogens with one attached hydrogen (secondary N) is 1. The molecule has 1 heterocycles. The number of primary sulfonamides is 1. The maximum absolute atomic E-state index is 13.7. The lowest BCUT2D eigenvalue weighted by atomic mass is 9.86. The van der Waals surface area contributed by atoms with Crippen LogP contribution in [0.1, 0.15) is 28.2 Å². The number of aryl methyl sites for hydroxylation is 2. The third kappa shape index (κ3) is 5.03. The second kappa shape index (κ2) is 8.90. The summed E-state index contributed by atoms with van der Waals surface area (Å²) >= 11 is 0. The Bertz CT molecular complexity index is 1180. The van der Waals surface area contributed by atoms with Crippen LogP contribution in [0.4, 0.5) is 4.39 Å². The van der Waals surface area contributed by atoms with Crippen LogP contribution >= 0.6 is 0 Å². The van der Waals surface area contributed by atoms with Gasteiger partial charge in [0.05, 0.1) is 6.33 Å². The maximum atomic E-state index is 13.7. The molecule has 2 unspecified atom stereocenters. The van der Waals surface area contributed by atoms with Crippen LogP contribution in [0.5, 0.6) is 0 Å². The van der Waals surface area contributed by atoms with E-state index in [0.717, 1.165) is 31.4 Å². The summed E-state index contributed by atoms with van der Waals surface area (Å²) in [6, 6.07) is 13.5. The molecule has 3 aromatic rings. The number of rotatable bonds is 8. The summed E-state index contributed by atoms with van der Waals surface area (Å²) in [5.41, 5.74) is 4.87. The third-order valence-corrected chi connectivity index (χ3v) is 6.83. The Hall–Kier alpha value is -2.55. The van der Waals surface area contributed by atoms with Crippen LogP contribution in [-0.4, -0.2) is 31.6 Å². The molecule has 6 nitrogen and oxygen atoms in total. The molecule has 2 atom stereocenters. The number of nitrogens with two attached hydrogens (primary N) is 1. The van der Waals surface area contributed by atoms with Crippen LogP contribution in [-0.2, 0) is 35.8 Å². The number of nitrogens with zero attached hydrogens (tertiary/aromatic N) is 2. The molecule has 1 aliphatic rings. The van der Waals surface area contributed by atoms with E-state index in [1.807, 2.05) is 13.1 Å². The lowest BCUT2D eigenvalue weighted by Gasteiger charge is -2.21. The lowest BCUT2D eigenvalue weighted by Crippen LogP contribution is -2.23. The predicted molar refractivity (Wildman–Crippen MR) is 118 cm³/mol. The standard InChI is InChI=1S/C23H27FN4O2S/c1-26-13-19-12-18-6-5-16(7-8-28-14-23(27-15-28)31(25,29)30)10-21(18)22(19)11-17-3-2-4-20(24)9-17/h2-6,9-10,14-15,19,22,26H,7-8,11-13H2,1H3,(H2,25,29,30). The van der Waals surface area contributed by atoms with Gasteiger partial charge in [-0.2, -0.15) is 0 Å². The molecule has 3 N–H and O–H groups in total. The minimum atomic E-state index is -3.79. The van der Waals surface area contributed by atoms with E-state index in [1.165, 1.54) is 35.3 Å². The maximum Gasteiger partial charge on any atom is 0.257 e. The average molecular weight is 443 g/mol. The Morgan fingerprint density at radius 2 is 2.06 bits per heavy atom. The van der Waals surface area contributed by atoms with Crippen molar-refractivity contribution in [2.24, 2.45) is 11.1 Å². The van der Waals surface area contributed by atoms with E-state index >= 15 is 0 Å². The van der Waals surface area contributed by atoms with Gasteiger partial charge in [0, 0.05) is 12.7 Å². The molecule has 1 aliphatic carbocycles. The van der Waals surface area contributed by atoms with E-state index in [-0.39, 0.29) is 10.8 Å². The van der Waals surface area contributed by atoms with Gasteiger partial charge in [-0.1, -0.05) is 30.3 Å². The molecular weight excluding hydrogens is 415 g/mol. The van der Waals surface area contributed by atoms with Gasteiger partial charge >= 0.3 is 0 Å². The molecule has 0 amide bonds. The highest BCUT2D eigenvalue weighted by atomic mass is 32.2. The lowest BCUT2D eigenvalue weighted by molar-refractivity contribution is 0.435. The van der Waals surface area contributed by atoms with Crippen LogP contribution in [0.3, 0.4) is 0 Å². The number of sulfonamides is 1. The minimum absolute atomic E-state index is 0.119. The first-order valence-electron chi connectivity index (χ1n) is 10.4. The molecule has 164 valence electrons. The first kappa shape index (κ1) is 21.7. The highest BCUT2D eigenvalue weighted by Crippen LogP contribution is 2.40. The van der Waals surface area contributed by atoms with Gasteiger partial charge in [-0.25, -0.2) is 22.9 Å². The summed E-state index contributed by atoms with van der Waals surface area (Å²) in [7, 11) is -1.82. The number of hydrogen-bond acceptors (Lipinski definition) is 4. The SMILES string of the molecule is CNCC1Cc2ccc(CCn3cnc(S(N)(=O)=O)c3)cc2C1Cc1cccc(F)c1.